The molecule has 2 aromatic rings. The molecule has 0 aliphatic rings. The van der Waals surface area contributed by atoms with Crippen LogP contribution in [0, 0.1) is 0 Å². The van der Waals surface area contributed by atoms with E-state index < -0.39 is 0 Å². The third-order valence-corrected chi connectivity index (χ3v) is 3.16. The van der Waals surface area contributed by atoms with E-state index in [0.29, 0.717) is 19.0 Å². The number of nitrogens with one attached hydrogen (secondary N) is 1. The molecule has 0 saturated heterocycles. The number of fused-ring (bicyclic) bond motifs is 1. The number of rotatable bonds is 6. The van der Waals surface area contributed by atoms with E-state index in [1.807, 2.05) is 18.3 Å². The molecule has 2 aromatic heterocycles. The Balaban J connectivity index is 2.13. The van der Waals surface area contributed by atoms with Gasteiger partial charge in [-0.1, -0.05) is 0 Å². The molecule has 98 valence electrons. The molecule has 0 bridgehead atoms. The Bertz CT molecular complexity index is 517. The molecular formula is C11H15BrN4O2. The molecule has 6 nitrogen and oxygen atoms in total. The minimum absolute atomic E-state index is 0.0140. The van der Waals surface area contributed by atoms with Crippen molar-refractivity contribution in [3.05, 3.63) is 22.8 Å². The van der Waals surface area contributed by atoms with Gasteiger partial charge in [0.1, 0.15) is 0 Å². The highest BCUT2D eigenvalue weighted by Gasteiger charge is 2.11. The molecule has 0 fully saturated rings. The van der Waals surface area contributed by atoms with Gasteiger partial charge in [0.05, 0.1) is 17.1 Å². The summed E-state index contributed by atoms with van der Waals surface area (Å²) in [5.74, 6) is 0.497. The van der Waals surface area contributed by atoms with Gasteiger partial charge in [-0.15, -0.1) is 5.10 Å². The van der Waals surface area contributed by atoms with E-state index in [-0.39, 0.29) is 12.6 Å². The number of methoxy groups -OCH3 is 1. The van der Waals surface area contributed by atoms with Crippen molar-refractivity contribution in [1.82, 2.24) is 14.6 Å². The minimum Gasteiger partial charge on any atom is -0.394 e. The number of halogens is 1. The Labute approximate surface area is 113 Å². The SMILES string of the molecule is COCCC(CO)Nc1nc2c(Br)cccn2n1. The minimum atomic E-state index is -0.110. The lowest BCUT2D eigenvalue weighted by Crippen LogP contribution is -2.26. The van der Waals surface area contributed by atoms with Gasteiger partial charge in [0, 0.05) is 19.9 Å². The molecule has 0 saturated carbocycles. The third kappa shape index (κ3) is 2.98. The van der Waals surface area contributed by atoms with Crippen molar-refractivity contribution < 1.29 is 9.84 Å². The van der Waals surface area contributed by atoms with E-state index in [2.05, 4.69) is 31.3 Å². The summed E-state index contributed by atoms with van der Waals surface area (Å²) >= 11 is 3.41. The summed E-state index contributed by atoms with van der Waals surface area (Å²) in [4.78, 5) is 4.35. The molecule has 0 radical (unpaired) electrons. The summed E-state index contributed by atoms with van der Waals surface area (Å²) in [6, 6.07) is 3.67. The quantitative estimate of drug-likeness (QED) is 0.841. The lowest BCUT2D eigenvalue weighted by atomic mass is 10.2. The fraction of sp³-hybridized carbons (Fsp3) is 0.455. The summed E-state index contributed by atoms with van der Waals surface area (Å²) in [6.07, 6.45) is 2.52. The van der Waals surface area contributed by atoms with Crippen LogP contribution in [0.3, 0.4) is 0 Å². The maximum absolute atomic E-state index is 9.25. The fourth-order valence-corrected chi connectivity index (χ4v) is 2.01. The predicted molar refractivity (Wildman–Crippen MR) is 71.7 cm³/mol. The number of pyridine rings is 1. The lowest BCUT2D eigenvalue weighted by molar-refractivity contribution is 0.174. The fourth-order valence-electron chi connectivity index (χ4n) is 1.59. The molecule has 2 heterocycles. The van der Waals surface area contributed by atoms with Crippen molar-refractivity contribution >= 4 is 27.5 Å². The van der Waals surface area contributed by atoms with Crippen LogP contribution in [-0.2, 0) is 4.74 Å². The highest BCUT2D eigenvalue weighted by molar-refractivity contribution is 9.10. The highest BCUT2D eigenvalue weighted by atomic mass is 79.9. The Kier molecular flexibility index (Phi) is 4.51. The summed E-state index contributed by atoms with van der Waals surface area (Å²) in [5, 5.41) is 16.6. The van der Waals surface area contributed by atoms with Crippen LogP contribution in [-0.4, -0.2) is 46.1 Å². The van der Waals surface area contributed by atoms with E-state index in [1.165, 1.54) is 0 Å². The van der Waals surface area contributed by atoms with Crippen LogP contribution in [0.1, 0.15) is 6.42 Å². The van der Waals surface area contributed by atoms with E-state index in [0.717, 1.165) is 10.1 Å². The molecule has 18 heavy (non-hydrogen) atoms. The van der Waals surface area contributed by atoms with E-state index >= 15 is 0 Å². The summed E-state index contributed by atoms with van der Waals surface area (Å²) in [7, 11) is 1.63. The Hall–Kier alpha value is -1.18. The van der Waals surface area contributed by atoms with Crippen molar-refractivity contribution in [2.45, 2.75) is 12.5 Å². The maximum Gasteiger partial charge on any atom is 0.243 e. The molecule has 0 aliphatic carbocycles. The average molecular weight is 315 g/mol. The van der Waals surface area contributed by atoms with E-state index in [9.17, 15) is 5.11 Å². The zero-order valence-corrected chi connectivity index (χ0v) is 11.6. The number of aromatic nitrogens is 3. The first-order valence-electron chi connectivity index (χ1n) is 5.62. The predicted octanol–water partition coefficient (Wildman–Crippen LogP) is 1.30. The largest absolute Gasteiger partial charge is 0.394 e. The lowest BCUT2D eigenvalue weighted by Gasteiger charge is -2.13. The number of hydrogen-bond donors (Lipinski definition) is 2. The third-order valence-electron chi connectivity index (χ3n) is 2.54. The van der Waals surface area contributed by atoms with Crippen molar-refractivity contribution in [2.75, 3.05) is 25.6 Å². The molecule has 7 heteroatoms. The number of hydrogen-bond acceptors (Lipinski definition) is 5. The topological polar surface area (TPSA) is 71.7 Å². The summed E-state index contributed by atoms with van der Waals surface area (Å²) < 4.78 is 7.54. The molecule has 2 N–H and O–H groups in total. The van der Waals surface area contributed by atoms with Crippen molar-refractivity contribution in [3.8, 4) is 0 Å². The van der Waals surface area contributed by atoms with Crippen LogP contribution in [0.15, 0.2) is 22.8 Å². The molecule has 0 aromatic carbocycles. The van der Waals surface area contributed by atoms with E-state index in [1.54, 1.807) is 11.6 Å². The first kappa shape index (κ1) is 13.3. The van der Waals surface area contributed by atoms with Crippen molar-refractivity contribution in [3.63, 3.8) is 0 Å². The zero-order valence-electron chi connectivity index (χ0n) is 10.0. The van der Waals surface area contributed by atoms with Crippen LogP contribution in [0.4, 0.5) is 5.95 Å². The van der Waals surface area contributed by atoms with Gasteiger partial charge in [0.15, 0.2) is 5.65 Å². The van der Waals surface area contributed by atoms with Crippen LogP contribution in [0.2, 0.25) is 0 Å². The maximum atomic E-state index is 9.25. The van der Waals surface area contributed by atoms with Crippen molar-refractivity contribution in [2.24, 2.45) is 0 Å². The number of aliphatic hydroxyl groups excluding tert-OH is 1. The number of nitrogens with zero attached hydrogens (tertiary/aromatic N) is 3. The van der Waals surface area contributed by atoms with Gasteiger partial charge < -0.3 is 15.2 Å². The van der Waals surface area contributed by atoms with Gasteiger partial charge in [-0.05, 0) is 34.5 Å². The average Bonchev–Trinajstić information content (AvgIpc) is 2.78. The first-order chi connectivity index (χ1) is 8.74. The van der Waals surface area contributed by atoms with Crippen LogP contribution >= 0.6 is 15.9 Å². The van der Waals surface area contributed by atoms with Gasteiger partial charge in [-0.2, -0.15) is 4.98 Å². The van der Waals surface area contributed by atoms with Gasteiger partial charge in [0.25, 0.3) is 0 Å². The summed E-state index contributed by atoms with van der Waals surface area (Å²) in [5.41, 5.74) is 0.739. The smallest absolute Gasteiger partial charge is 0.243 e. The van der Waals surface area contributed by atoms with Crippen LogP contribution in [0.5, 0.6) is 0 Å². The Morgan fingerprint density at radius 3 is 3.11 bits per heavy atom. The van der Waals surface area contributed by atoms with Crippen LogP contribution in [0.25, 0.3) is 5.65 Å². The molecule has 0 amide bonds. The van der Waals surface area contributed by atoms with Crippen LogP contribution < -0.4 is 5.32 Å². The summed E-state index contributed by atoms with van der Waals surface area (Å²) in [6.45, 7) is 0.593. The molecule has 1 unspecified atom stereocenters. The Morgan fingerprint density at radius 1 is 1.61 bits per heavy atom. The molecule has 2 rings (SSSR count). The molecular weight excluding hydrogens is 300 g/mol. The normalized spacial score (nSPS) is 12.8. The molecule has 1 atom stereocenters. The van der Waals surface area contributed by atoms with Gasteiger partial charge in [-0.3, -0.25) is 0 Å². The number of aliphatic hydroxyl groups is 1. The Morgan fingerprint density at radius 2 is 2.44 bits per heavy atom. The van der Waals surface area contributed by atoms with Gasteiger partial charge >= 0.3 is 0 Å². The van der Waals surface area contributed by atoms with Gasteiger partial charge in [-0.25, -0.2) is 4.52 Å². The first-order valence-corrected chi connectivity index (χ1v) is 6.41. The monoisotopic (exact) mass is 314 g/mol. The van der Waals surface area contributed by atoms with Crippen molar-refractivity contribution in [1.29, 1.82) is 0 Å². The second-order valence-corrected chi connectivity index (χ2v) is 4.72. The molecule has 0 spiro atoms. The standard InChI is InChI=1S/C11H15BrN4O2/c1-18-6-4-8(7-17)13-11-14-10-9(12)3-2-5-16(10)15-11/h2-3,5,8,17H,4,6-7H2,1H3,(H,13,15). The number of anilines is 1. The number of ether oxygens (including phenoxy) is 1. The second-order valence-electron chi connectivity index (χ2n) is 3.87. The van der Waals surface area contributed by atoms with Gasteiger partial charge in [0.2, 0.25) is 5.95 Å². The molecule has 0 aliphatic heterocycles. The highest BCUT2D eigenvalue weighted by Crippen LogP contribution is 2.17. The zero-order chi connectivity index (χ0) is 13.0. The second kappa shape index (κ2) is 6.12. The van der Waals surface area contributed by atoms with E-state index in [4.69, 9.17) is 4.74 Å².